The van der Waals surface area contributed by atoms with Gasteiger partial charge in [0, 0.05) is 11.8 Å². The summed E-state index contributed by atoms with van der Waals surface area (Å²) in [5, 5.41) is 8.84. The Labute approximate surface area is 149 Å². The molecular weight excluding hydrogens is 403 g/mol. The highest BCUT2D eigenvalue weighted by Gasteiger charge is 2.24. The largest absolute Gasteiger partial charge is 0.478 e. The number of pyridine rings is 1. The van der Waals surface area contributed by atoms with E-state index < -0.39 is 5.97 Å². The van der Waals surface area contributed by atoms with Crippen molar-refractivity contribution < 1.29 is 9.90 Å². The number of rotatable bonds is 2. The molecule has 9 heteroatoms. The lowest BCUT2D eigenvalue weighted by atomic mass is 10.1. The van der Waals surface area contributed by atoms with E-state index >= 15 is 0 Å². The van der Waals surface area contributed by atoms with Gasteiger partial charge in [0.2, 0.25) is 0 Å². The SMILES string of the molecule is O=C(O)c1ccnc(-c2c(Cl)c(Cl)c(Cl)c(Cl)c2Cl)c1Cl. The standard InChI is InChI=1S/C12H3Cl6NO2/c13-5-3(12(20)21)1-2-19-11(5)4-6(14)8(16)10(18)9(17)7(4)15/h1-2H,(H,20,21). The number of benzene rings is 1. The molecule has 0 radical (unpaired) electrons. The molecule has 0 saturated carbocycles. The van der Waals surface area contributed by atoms with E-state index in [9.17, 15) is 4.79 Å². The summed E-state index contributed by atoms with van der Waals surface area (Å²) < 4.78 is 0. The molecule has 0 aliphatic rings. The third kappa shape index (κ3) is 2.91. The van der Waals surface area contributed by atoms with Gasteiger partial charge in [-0.05, 0) is 6.07 Å². The van der Waals surface area contributed by atoms with Crippen molar-refractivity contribution >= 4 is 75.6 Å². The predicted octanol–water partition coefficient (Wildman–Crippen LogP) is 6.37. The first-order chi connectivity index (χ1) is 9.77. The van der Waals surface area contributed by atoms with E-state index in [0.717, 1.165) is 0 Å². The van der Waals surface area contributed by atoms with E-state index in [4.69, 9.17) is 74.7 Å². The lowest BCUT2D eigenvalue weighted by Crippen LogP contribution is -2.00. The summed E-state index contributed by atoms with van der Waals surface area (Å²) >= 11 is 36.1. The van der Waals surface area contributed by atoms with Crippen LogP contribution in [-0.2, 0) is 0 Å². The Kier molecular flexibility index (Phi) is 5.14. The highest BCUT2D eigenvalue weighted by molar-refractivity contribution is 6.56. The summed E-state index contributed by atoms with van der Waals surface area (Å²) in [4.78, 5) is 15.1. The van der Waals surface area contributed by atoms with E-state index in [0.29, 0.717) is 0 Å². The van der Waals surface area contributed by atoms with Crippen LogP contribution in [0.15, 0.2) is 12.3 Å². The molecule has 110 valence electrons. The smallest absolute Gasteiger partial charge is 0.337 e. The van der Waals surface area contributed by atoms with Crippen molar-refractivity contribution in [3.05, 3.63) is 48.0 Å². The zero-order valence-corrected chi connectivity index (χ0v) is 14.3. The number of carboxylic acid groups (broad SMARTS) is 1. The number of carboxylic acids is 1. The summed E-state index contributed by atoms with van der Waals surface area (Å²) in [6, 6.07) is 1.25. The summed E-state index contributed by atoms with van der Waals surface area (Å²) in [5.41, 5.74) is 0.00821. The Morgan fingerprint density at radius 1 is 0.857 bits per heavy atom. The van der Waals surface area contributed by atoms with Crippen LogP contribution >= 0.6 is 69.6 Å². The topological polar surface area (TPSA) is 50.2 Å². The van der Waals surface area contributed by atoms with Gasteiger partial charge < -0.3 is 5.11 Å². The Hall–Kier alpha value is -0.420. The van der Waals surface area contributed by atoms with Crippen molar-refractivity contribution in [1.82, 2.24) is 4.98 Å². The second kappa shape index (κ2) is 6.37. The molecule has 0 spiro atoms. The van der Waals surface area contributed by atoms with E-state index in [2.05, 4.69) is 4.98 Å². The van der Waals surface area contributed by atoms with Crippen molar-refractivity contribution in [2.75, 3.05) is 0 Å². The fourth-order valence-electron chi connectivity index (χ4n) is 1.60. The number of carbonyl (C=O) groups is 1. The zero-order chi connectivity index (χ0) is 15.9. The highest BCUT2D eigenvalue weighted by atomic mass is 35.5. The summed E-state index contributed by atoms with van der Waals surface area (Å²) in [6.07, 6.45) is 1.26. The van der Waals surface area contributed by atoms with Gasteiger partial charge in [0.05, 0.1) is 41.4 Å². The van der Waals surface area contributed by atoms with Crippen molar-refractivity contribution in [3.63, 3.8) is 0 Å². The Morgan fingerprint density at radius 2 is 1.33 bits per heavy atom. The number of aromatic nitrogens is 1. The molecule has 2 aromatic rings. The summed E-state index contributed by atoms with van der Waals surface area (Å²) in [6.45, 7) is 0. The molecule has 21 heavy (non-hydrogen) atoms. The first kappa shape index (κ1) is 16.9. The second-order valence-electron chi connectivity index (χ2n) is 3.77. The van der Waals surface area contributed by atoms with E-state index in [1.165, 1.54) is 12.3 Å². The Balaban J connectivity index is 2.86. The molecule has 0 amide bonds. The maximum absolute atomic E-state index is 11.1. The third-order valence-electron chi connectivity index (χ3n) is 2.57. The minimum atomic E-state index is -1.22. The Morgan fingerprint density at radius 3 is 1.81 bits per heavy atom. The first-order valence-electron chi connectivity index (χ1n) is 5.17. The van der Waals surface area contributed by atoms with Crippen LogP contribution in [0, 0.1) is 0 Å². The lowest BCUT2D eigenvalue weighted by molar-refractivity contribution is 0.0697. The molecule has 1 N–H and O–H groups in total. The van der Waals surface area contributed by atoms with Gasteiger partial charge in [0.15, 0.2) is 0 Å². The monoisotopic (exact) mass is 403 g/mol. The van der Waals surface area contributed by atoms with Crippen LogP contribution in [0.5, 0.6) is 0 Å². The first-order valence-corrected chi connectivity index (χ1v) is 7.43. The molecule has 0 bridgehead atoms. The number of nitrogens with zero attached hydrogens (tertiary/aromatic N) is 1. The number of hydrogen-bond donors (Lipinski definition) is 1. The number of halogens is 6. The van der Waals surface area contributed by atoms with Gasteiger partial charge in [-0.1, -0.05) is 69.6 Å². The molecule has 0 fully saturated rings. The lowest BCUT2D eigenvalue weighted by Gasteiger charge is -2.13. The third-order valence-corrected chi connectivity index (χ3v) is 5.23. The average molecular weight is 406 g/mol. The van der Waals surface area contributed by atoms with Gasteiger partial charge >= 0.3 is 5.97 Å². The number of hydrogen-bond acceptors (Lipinski definition) is 2. The second-order valence-corrected chi connectivity index (χ2v) is 6.04. The predicted molar refractivity (Wildman–Crippen MR) is 86.7 cm³/mol. The summed E-state index contributed by atoms with van der Waals surface area (Å²) in [7, 11) is 0. The molecule has 1 aromatic carbocycles. The minimum Gasteiger partial charge on any atom is -0.478 e. The molecule has 0 saturated heterocycles. The molecule has 0 unspecified atom stereocenters. The molecule has 3 nitrogen and oxygen atoms in total. The fraction of sp³-hybridized carbons (Fsp3) is 0. The van der Waals surface area contributed by atoms with Crippen molar-refractivity contribution in [2.24, 2.45) is 0 Å². The average Bonchev–Trinajstić information content (AvgIpc) is 2.44. The van der Waals surface area contributed by atoms with Gasteiger partial charge in [0.25, 0.3) is 0 Å². The van der Waals surface area contributed by atoms with Crippen LogP contribution in [0.1, 0.15) is 10.4 Å². The number of aromatic carboxylic acids is 1. The van der Waals surface area contributed by atoms with Crippen molar-refractivity contribution in [3.8, 4) is 11.3 Å². The summed E-state index contributed by atoms with van der Waals surface area (Å²) in [5.74, 6) is -1.22. The van der Waals surface area contributed by atoms with Gasteiger partial charge in [-0.2, -0.15) is 0 Å². The normalized spacial score (nSPS) is 10.8. The van der Waals surface area contributed by atoms with Gasteiger partial charge in [-0.25, -0.2) is 4.79 Å². The molecule has 2 rings (SSSR count). The molecule has 1 heterocycles. The van der Waals surface area contributed by atoms with E-state index in [1.54, 1.807) is 0 Å². The quantitative estimate of drug-likeness (QED) is 0.466. The molecular formula is C12H3Cl6NO2. The van der Waals surface area contributed by atoms with Crippen LogP contribution in [0.4, 0.5) is 0 Å². The molecule has 0 aliphatic heterocycles. The molecule has 1 aromatic heterocycles. The van der Waals surface area contributed by atoms with E-state index in [-0.39, 0.29) is 47.0 Å². The van der Waals surface area contributed by atoms with Crippen molar-refractivity contribution in [2.45, 2.75) is 0 Å². The van der Waals surface area contributed by atoms with Crippen LogP contribution in [0.3, 0.4) is 0 Å². The molecule has 0 aliphatic carbocycles. The maximum Gasteiger partial charge on any atom is 0.337 e. The van der Waals surface area contributed by atoms with Crippen LogP contribution in [0.25, 0.3) is 11.3 Å². The molecule has 0 atom stereocenters. The van der Waals surface area contributed by atoms with Gasteiger partial charge in [0.1, 0.15) is 0 Å². The maximum atomic E-state index is 11.1. The van der Waals surface area contributed by atoms with Gasteiger partial charge in [-0.3, -0.25) is 4.98 Å². The zero-order valence-electron chi connectivity index (χ0n) is 9.73. The van der Waals surface area contributed by atoms with Crippen LogP contribution in [0.2, 0.25) is 30.1 Å². The fourth-order valence-corrected chi connectivity index (χ4v) is 3.20. The van der Waals surface area contributed by atoms with Crippen LogP contribution in [-0.4, -0.2) is 16.1 Å². The highest BCUT2D eigenvalue weighted by Crippen LogP contribution is 2.49. The van der Waals surface area contributed by atoms with Crippen molar-refractivity contribution in [1.29, 1.82) is 0 Å². The van der Waals surface area contributed by atoms with Gasteiger partial charge in [-0.15, -0.1) is 0 Å². The minimum absolute atomic E-state index is 0.0115. The Bertz CT molecular complexity index is 733. The van der Waals surface area contributed by atoms with E-state index in [1.807, 2.05) is 0 Å². The van der Waals surface area contributed by atoms with Crippen LogP contribution < -0.4 is 0 Å².